The number of nitrogens with zero attached hydrogens (tertiary/aromatic N) is 3. The van der Waals surface area contributed by atoms with E-state index in [4.69, 9.17) is 4.74 Å². The maximum atomic E-state index is 12.6. The van der Waals surface area contributed by atoms with Gasteiger partial charge in [0.05, 0.1) is 12.9 Å². The second kappa shape index (κ2) is 10.4. The quantitative estimate of drug-likeness (QED) is 0.642. The van der Waals surface area contributed by atoms with E-state index in [1.165, 1.54) is 4.31 Å². The first kappa shape index (κ1) is 22.0. The van der Waals surface area contributed by atoms with Crippen LogP contribution in [0, 0.1) is 0 Å². The number of methoxy groups -OCH3 is 1. The van der Waals surface area contributed by atoms with E-state index < -0.39 is 10.0 Å². The Labute approximate surface area is 177 Å². The number of aromatic nitrogens is 1. The van der Waals surface area contributed by atoms with Crippen molar-refractivity contribution >= 4 is 21.7 Å². The molecule has 0 unspecified atom stereocenters. The third-order valence-corrected chi connectivity index (χ3v) is 6.96. The molecule has 0 saturated carbocycles. The molecule has 0 bridgehead atoms. The molecule has 0 atom stereocenters. The number of nitrogens with one attached hydrogen (secondary N) is 1. The second-order valence-corrected chi connectivity index (χ2v) is 9.18. The minimum atomic E-state index is -3.40. The highest BCUT2D eigenvalue weighted by Gasteiger charge is 2.27. The van der Waals surface area contributed by atoms with Gasteiger partial charge in [0.25, 0.3) is 0 Å². The average molecular weight is 433 g/mol. The molecule has 1 N–H and O–H groups in total. The topological polar surface area (TPSA) is 91.8 Å². The predicted molar refractivity (Wildman–Crippen MR) is 116 cm³/mol. The van der Waals surface area contributed by atoms with Crippen LogP contribution in [-0.2, 0) is 21.2 Å². The van der Waals surface area contributed by atoms with Crippen molar-refractivity contribution in [2.24, 2.45) is 0 Å². The lowest BCUT2D eigenvalue weighted by atomic mass is 10.1. The number of carbonyl (C=O) groups is 1. The molecule has 8 nitrogen and oxygen atoms in total. The molecule has 2 aromatic rings. The standard InChI is InChI=1S/C21H28N4O4S/c1-29-19-8-5-18(6-9-19)7-10-21(26)23-12-17-30(27,28)25-15-13-24(14-16-25)20-4-2-3-11-22-20/h2-6,8-9,11H,7,10,12-17H2,1H3,(H,23,26). The number of ether oxygens (including phenoxy) is 1. The smallest absolute Gasteiger partial charge is 0.220 e. The van der Waals surface area contributed by atoms with E-state index in [-0.39, 0.29) is 18.2 Å². The zero-order valence-electron chi connectivity index (χ0n) is 17.2. The van der Waals surface area contributed by atoms with Gasteiger partial charge in [0.15, 0.2) is 0 Å². The summed E-state index contributed by atoms with van der Waals surface area (Å²) in [5, 5.41) is 2.72. The summed E-state index contributed by atoms with van der Waals surface area (Å²) >= 11 is 0. The van der Waals surface area contributed by atoms with Crippen LogP contribution in [0.5, 0.6) is 5.75 Å². The molecule has 0 radical (unpaired) electrons. The summed E-state index contributed by atoms with van der Waals surface area (Å²) in [6, 6.07) is 13.2. The summed E-state index contributed by atoms with van der Waals surface area (Å²) in [5.41, 5.74) is 1.03. The first-order valence-electron chi connectivity index (χ1n) is 10.0. The number of hydrogen-bond donors (Lipinski definition) is 1. The molecule has 1 fully saturated rings. The van der Waals surface area contributed by atoms with Gasteiger partial charge in [0, 0.05) is 45.3 Å². The molecule has 0 aliphatic carbocycles. The average Bonchev–Trinajstić information content (AvgIpc) is 2.78. The van der Waals surface area contributed by atoms with Crippen molar-refractivity contribution in [2.45, 2.75) is 12.8 Å². The van der Waals surface area contributed by atoms with Gasteiger partial charge in [-0.25, -0.2) is 13.4 Å². The van der Waals surface area contributed by atoms with Crippen molar-refractivity contribution in [3.8, 4) is 5.75 Å². The first-order valence-corrected chi connectivity index (χ1v) is 11.6. The van der Waals surface area contributed by atoms with Crippen molar-refractivity contribution in [3.63, 3.8) is 0 Å². The number of piperazine rings is 1. The van der Waals surface area contributed by atoms with Crippen LogP contribution in [0.4, 0.5) is 5.82 Å². The second-order valence-electron chi connectivity index (χ2n) is 7.09. The van der Waals surface area contributed by atoms with Gasteiger partial charge in [-0.1, -0.05) is 18.2 Å². The lowest BCUT2D eigenvalue weighted by Gasteiger charge is -2.34. The lowest BCUT2D eigenvalue weighted by molar-refractivity contribution is -0.120. The van der Waals surface area contributed by atoms with Crippen LogP contribution in [-0.4, -0.2) is 69.2 Å². The molecule has 1 aromatic heterocycles. The van der Waals surface area contributed by atoms with Crippen LogP contribution >= 0.6 is 0 Å². The number of carbonyl (C=O) groups excluding carboxylic acids is 1. The highest BCUT2D eigenvalue weighted by molar-refractivity contribution is 7.89. The third-order valence-electron chi connectivity index (χ3n) is 5.09. The van der Waals surface area contributed by atoms with Gasteiger partial charge in [-0.15, -0.1) is 0 Å². The van der Waals surface area contributed by atoms with Gasteiger partial charge in [0.2, 0.25) is 15.9 Å². The van der Waals surface area contributed by atoms with Crippen LogP contribution in [0.1, 0.15) is 12.0 Å². The van der Waals surface area contributed by atoms with Crippen LogP contribution in [0.3, 0.4) is 0 Å². The van der Waals surface area contributed by atoms with E-state index in [1.807, 2.05) is 42.5 Å². The fraction of sp³-hybridized carbons (Fsp3) is 0.429. The van der Waals surface area contributed by atoms with Crippen molar-refractivity contribution in [1.82, 2.24) is 14.6 Å². The Balaban J connectivity index is 1.38. The molecule has 1 aromatic carbocycles. The number of hydrogen-bond acceptors (Lipinski definition) is 6. The lowest BCUT2D eigenvalue weighted by Crippen LogP contribution is -2.50. The van der Waals surface area contributed by atoms with E-state index >= 15 is 0 Å². The molecule has 1 amide bonds. The fourth-order valence-corrected chi connectivity index (χ4v) is 4.66. The zero-order valence-corrected chi connectivity index (χ0v) is 18.0. The van der Waals surface area contributed by atoms with Crippen molar-refractivity contribution < 1.29 is 17.9 Å². The highest BCUT2D eigenvalue weighted by Crippen LogP contribution is 2.15. The summed E-state index contributed by atoms with van der Waals surface area (Å²) in [4.78, 5) is 18.4. The Morgan fingerprint density at radius 1 is 1.10 bits per heavy atom. The van der Waals surface area contributed by atoms with Crippen LogP contribution in [0.25, 0.3) is 0 Å². The Hall–Kier alpha value is -2.65. The number of sulfonamides is 1. The maximum absolute atomic E-state index is 12.6. The molecule has 1 saturated heterocycles. The number of rotatable bonds is 9. The van der Waals surface area contributed by atoms with Gasteiger partial charge < -0.3 is 15.0 Å². The molecule has 1 aliphatic heterocycles. The molecule has 9 heteroatoms. The maximum Gasteiger partial charge on any atom is 0.220 e. The van der Waals surface area contributed by atoms with Crippen molar-refractivity contribution in [2.75, 3.05) is 50.5 Å². The molecule has 2 heterocycles. The van der Waals surface area contributed by atoms with E-state index in [2.05, 4.69) is 15.2 Å². The summed E-state index contributed by atoms with van der Waals surface area (Å²) < 4.78 is 31.8. The normalized spacial score (nSPS) is 15.0. The predicted octanol–water partition coefficient (Wildman–Crippen LogP) is 1.29. The molecule has 1 aliphatic rings. The van der Waals surface area contributed by atoms with E-state index in [0.29, 0.717) is 39.0 Å². The Kier molecular flexibility index (Phi) is 7.64. The first-order chi connectivity index (χ1) is 14.5. The van der Waals surface area contributed by atoms with Crippen molar-refractivity contribution in [1.29, 1.82) is 0 Å². The highest BCUT2D eigenvalue weighted by atomic mass is 32.2. The summed E-state index contributed by atoms with van der Waals surface area (Å²) in [6.45, 7) is 2.16. The number of pyridine rings is 1. The number of aryl methyl sites for hydroxylation is 1. The molecule has 30 heavy (non-hydrogen) atoms. The summed E-state index contributed by atoms with van der Waals surface area (Å²) in [5.74, 6) is 1.39. The van der Waals surface area contributed by atoms with Crippen molar-refractivity contribution in [3.05, 3.63) is 54.2 Å². The number of amides is 1. The van der Waals surface area contributed by atoms with Gasteiger partial charge >= 0.3 is 0 Å². The minimum absolute atomic E-state index is 0.0924. The third kappa shape index (κ3) is 6.17. The molecular formula is C21H28N4O4S. The molecular weight excluding hydrogens is 404 g/mol. The monoisotopic (exact) mass is 432 g/mol. The van der Waals surface area contributed by atoms with Crippen LogP contribution in [0.15, 0.2) is 48.7 Å². The molecule has 3 rings (SSSR count). The van der Waals surface area contributed by atoms with Gasteiger partial charge in [-0.05, 0) is 36.2 Å². The summed E-state index contributed by atoms with van der Waals surface area (Å²) in [7, 11) is -1.79. The van der Waals surface area contributed by atoms with E-state index in [9.17, 15) is 13.2 Å². The summed E-state index contributed by atoms with van der Waals surface area (Å²) in [6.07, 6.45) is 2.64. The van der Waals surface area contributed by atoms with Gasteiger partial charge in [0.1, 0.15) is 11.6 Å². The number of anilines is 1. The Morgan fingerprint density at radius 2 is 1.83 bits per heavy atom. The molecule has 162 valence electrons. The van der Waals surface area contributed by atoms with E-state index in [0.717, 1.165) is 17.1 Å². The van der Waals surface area contributed by atoms with Crippen LogP contribution < -0.4 is 15.0 Å². The van der Waals surface area contributed by atoms with E-state index in [1.54, 1.807) is 13.3 Å². The zero-order chi connectivity index (χ0) is 21.4. The minimum Gasteiger partial charge on any atom is -0.497 e. The van der Waals surface area contributed by atoms with Gasteiger partial charge in [-0.3, -0.25) is 4.79 Å². The number of benzene rings is 1. The van der Waals surface area contributed by atoms with Crippen LogP contribution in [0.2, 0.25) is 0 Å². The fourth-order valence-electron chi connectivity index (χ4n) is 3.32. The largest absolute Gasteiger partial charge is 0.497 e. The Morgan fingerprint density at radius 3 is 2.47 bits per heavy atom. The van der Waals surface area contributed by atoms with Gasteiger partial charge in [-0.2, -0.15) is 4.31 Å². The molecule has 0 spiro atoms. The Bertz CT molecular complexity index is 912. The SMILES string of the molecule is COc1ccc(CCC(=O)NCCS(=O)(=O)N2CCN(c3ccccn3)CC2)cc1.